The number of rotatable bonds is 6. The van der Waals surface area contributed by atoms with E-state index in [0.29, 0.717) is 26.2 Å². The number of benzene rings is 1. The molecule has 0 saturated heterocycles. The number of hydrogen-bond acceptors (Lipinski definition) is 4. The lowest BCUT2D eigenvalue weighted by Gasteiger charge is -2.19. The molecule has 5 nitrogen and oxygen atoms in total. The van der Waals surface area contributed by atoms with Crippen LogP contribution in [-0.2, 0) is 11.2 Å². The van der Waals surface area contributed by atoms with Gasteiger partial charge in [-0.3, -0.25) is 4.79 Å². The molecule has 0 aromatic heterocycles. The lowest BCUT2D eigenvalue weighted by molar-refractivity contribution is -0.120. The standard InChI is InChI=1S/C14H20N2O3/c1-2-11(14(15)17)16-6-5-10-3-4-12-13(9-10)19-8-7-18-12/h3-4,9,11,16H,2,5-8H2,1H3,(H2,15,17). The molecule has 2 rings (SSSR count). The van der Waals surface area contributed by atoms with Crippen molar-refractivity contribution in [1.29, 1.82) is 0 Å². The SMILES string of the molecule is CCC(NCCc1ccc2c(c1)OCCO2)C(N)=O. The molecule has 1 aromatic carbocycles. The van der Waals surface area contributed by atoms with Gasteiger partial charge in [-0.15, -0.1) is 0 Å². The third kappa shape index (κ3) is 3.61. The Kier molecular flexibility index (Phi) is 4.63. The summed E-state index contributed by atoms with van der Waals surface area (Å²) in [5.41, 5.74) is 6.43. The molecule has 0 bridgehead atoms. The number of nitrogens with two attached hydrogens (primary N) is 1. The molecule has 1 heterocycles. The minimum absolute atomic E-state index is 0.253. The monoisotopic (exact) mass is 264 g/mol. The molecule has 19 heavy (non-hydrogen) atoms. The number of amides is 1. The largest absolute Gasteiger partial charge is 0.486 e. The molecule has 0 saturated carbocycles. The summed E-state index contributed by atoms with van der Waals surface area (Å²) in [5, 5.41) is 3.15. The van der Waals surface area contributed by atoms with Gasteiger partial charge < -0.3 is 20.5 Å². The van der Waals surface area contributed by atoms with Crippen molar-refractivity contribution in [2.75, 3.05) is 19.8 Å². The van der Waals surface area contributed by atoms with Gasteiger partial charge >= 0.3 is 0 Å². The van der Waals surface area contributed by atoms with E-state index >= 15 is 0 Å². The summed E-state index contributed by atoms with van der Waals surface area (Å²) in [6.07, 6.45) is 1.52. The number of fused-ring (bicyclic) bond motifs is 1. The Bertz CT molecular complexity index is 448. The highest BCUT2D eigenvalue weighted by Crippen LogP contribution is 2.30. The van der Waals surface area contributed by atoms with Gasteiger partial charge in [-0.2, -0.15) is 0 Å². The molecule has 1 aliphatic heterocycles. The lowest BCUT2D eigenvalue weighted by atomic mass is 10.1. The summed E-state index contributed by atoms with van der Waals surface area (Å²) < 4.78 is 11.0. The van der Waals surface area contributed by atoms with E-state index in [2.05, 4.69) is 5.32 Å². The molecule has 5 heteroatoms. The molecule has 1 amide bonds. The summed E-state index contributed by atoms with van der Waals surface area (Å²) in [6, 6.07) is 5.68. The first kappa shape index (κ1) is 13.7. The zero-order valence-corrected chi connectivity index (χ0v) is 11.1. The summed E-state index contributed by atoms with van der Waals surface area (Å²) >= 11 is 0. The van der Waals surface area contributed by atoms with Crippen molar-refractivity contribution < 1.29 is 14.3 Å². The van der Waals surface area contributed by atoms with E-state index in [1.54, 1.807) is 0 Å². The van der Waals surface area contributed by atoms with Crippen molar-refractivity contribution in [2.24, 2.45) is 5.73 Å². The van der Waals surface area contributed by atoms with Crippen LogP contribution in [0.15, 0.2) is 18.2 Å². The molecule has 0 spiro atoms. The number of nitrogens with one attached hydrogen (secondary N) is 1. The van der Waals surface area contributed by atoms with Gasteiger partial charge in [0.2, 0.25) is 5.91 Å². The van der Waals surface area contributed by atoms with Crippen LogP contribution in [0.25, 0.3) is 0 Å². The maximum atomic E-state index is 11.1. The highest BCUT2D eigenvalue weighted by Gasteiger charge is 2.13. The molecule has 0 fully saturated rings. The Morgan fingerprint density at radius 2 is 2.11 bits per heavy atom. The van der Waals surface area contributed by atoms with Crippen LogP contribution >= 0.6 is 0 Å². The Balaban J connectivity index is 1.88. The fraction of sp³-hybridized carbons (Fsp3) is 0.500. The van der Waals surface area contributed by atoms with Gasteiger partial charge in [-0.25, -0.2) is 0 Å². The van der Waals surface area contributed by atoms with Crippen molar-refractivity contribution >= 4 is 5.91 Å². The van der Waals surface area contributed by atoms with Gasteiger partial charge in [0.25, 0.3) is 0 Å². The Morgan fingerprint density at radius 1 is 1.37 bits per heavy atom. The third-order valence-corrected chi connectivity index (χ3v) is 3.16. The molecular weight excluding hydrogens is 244 g/mol. The van der Waals surface area contributed by atoms with E-state index in [-0.39, 0.29) is 11.9 Å². The second kappa shape index (κ2) is 6.43. The van der Waals surface area contributed by atoms with E-state index in [1.165, 1.54) is 0 Å². The van der Waals surface area contributed by atoms with Crippen molar-refractivity contribution in [2.45, 2.75) is 25.8 Å². The van der Waals surface area contributed by atoms with Crippen LogP contribution in [0, 0.1) is 0 Å². The molecule has 1 aromatic rings. The number of hydrogen-bond donors (Lipinski definition) is 2. The van der Waals surface area contributed by atoms with E-state index in [1.807, 2.05) is 25.1 Å². The van der Waals surface area contributed by atoms with Crippen LogP contribution < -0.4 is 20.5 Å². The van der Waals surface area contributed by atoms with Crippen molar-refractivity contribution in [1.82, 2.24) is 5.32 Å². The first-order chi connectivity index (χ1) is 9.20. The summed E-state index contributed by atoms with van der Waals surface area (Å²) in [4.78, 5) is 11.1. The molecule has 1 aliphatic rings. The Labute approximate surface area is 113 Å². The van der Waals surface area contributed by atoms with Gasteiger partial charge in [0.15, 0.2) is 11.5 Å². The molecule has 3 N–H and O–H groups in total. The fourth-order valence-electron chi connectivity index (χ4n) is 2.08. The quantitative estimate of drug-likeness (QED) is 0.799. The molecule has 1 unspecified atom stereocenters. The molecular formula is C14H20N2O3. The minimum atomic E-state index is -0.301. The summed E-state index contributed by atoms with van der Waals surface area (Å²) in [7, 11) is 0. The average molecular weight is 264 g/mol. The topological polar surface area (TPSA) is 73.6 Å². The highest BCUT2D eigenvalue weighted by atomic mass is 16.6. The van der Waals surface area contributed by atoms with Gasteiger partial charge in [-0.1, -0.05) is 13.0 Å². The van der Waals surface area contributed by atoms with Crippen LogP contribution in [-0.4, -0.2) is 31.7 Å². The first-order valence-electron chi connectivity index (χ1n) is 6.62. The van der Waals surface area contributed by atoms with E-state index in [0.717, 1.165) is 23.5 Å². The second-order valence-electron chi connectivity index (χ2n) is 4.55. The van der Waals surface area contributed by atoms with Gasteiger partial charge in [0.05, 0.1) is 6.04 Å². The second-order valence-corrected chi connectivity index (χ2v) is 4.55. The molecule has 1 atom stereocenters. The van der Waals surface area contributed by atoms with Crippen LogP contribution in [0.4, 0.5) is 0 Å². The number of ether oxygens (including phenoxy) is 2. The minimum Gasteiger partial charge on any atom is -0.486 e. The first-order valence-corrected chi connectivity index (χ1v) is 6.62. The van der Waals surface area contributed by atoms with Crippen LogP contribution in [0.5, 0.6) is 11.5 Å². The zero-order valence-electron chi connectivity index (χ0n) is 11.1. The highest BCUT2D eigenvalue weighted by molar-refractivity contribution is 5.79. The van der Waals surface area contributed by atoms with Crippen molar-refractivity contribution in [3.63, 3.8) is 0 Å². The Hall–Kier alpha value is -1.75. The molecule has 0 aliphatic carbocycles. The maximum absolute atomic E-state index is 11.1. The third-order valence-electron chi connectivity index (χ3n) is 3.16. The van der Waals surface area contributed by atoms with E-state index < -0.39 is 0 Å². The normalized spacial score (nSPS) is 15.0. The molecule has 104 valence electrons. The van der Waals surface area contributed by atoms with Gasteiger partial charge in [0.1, 0.15) is 13.2 Å². The van der Waals surface area contributed by atoms with Crippen LogP contribution in [0.3, 0.4) is 0 Å². The van der Waals surface area contributed by atoms with Crippen molar-refractivity contribution in [3.8, 4) is 11.5 Å². The average Bonchev–Trinajstić information content (AvgIpc) is 2.43. The van der Waals surface area contributed by atoms with E-state index in [9.17, 15) is 4.79 Å². The number of carbonyl (C=O) groups is 1. The number of primary amides is 1. The lowest BCUT2D eigenvalue weighted by Crippen LogP contribution is -2.41. The van der Waals surface area contributed by atoms with Crippen LogP contribution in [0.1, 0.15) is 18.9 Å². The fourth-order valence-corrected chi connectivity index (χ4v) is 2.08. The zero-order chi connectivity index (χ0) is 13.7. The predicted octanol–water partition coefficient (Wildman–Crippen LogP) is 0.854. The summed E-state index contributed by atoms with van der Waals surface area (Å²) in [6.45, 7) is 3.84. The smallest absolute Gasteiger partial charge is 0.234 e. The Morgan fingerprint density at radius 3 is 2.79 bits per heavy atom. The van der Waals surface area contributed by atoms with Crippen molar-refractivity contribution in [3.05, 3.63) is 23.8 Å². The van der Waals surface area contributed by atoms with Gasteiger partial charge in [-0.05, 0) is 37.1 Å². The van der Waals surface area contributed by atoms with E-state index in [4.69, 9.17) is 15.2 Å². The number of carbonyl (C=O) groups excluding carboxylic acids is 1. The molecule has 0 radical (unpaired) electrons. The summed E-state index contributed by atoms with van der Waals surface area (Å²) in [5.74, 6) is 1.29. The van der Waals surface area contributed by atoms with Crippen LogP contribution in [0.2, 0.25) is 0 Å². The maximum Gasteiger partial charge on any atom is 0.234 e. The predicted molar refractivity (Wildman–Crippen MR) is 72.4 cm³/mol. The van der Waals surface area contributed by atoms with Gasteiger partial charge in [0, 0.05) is 0 Å².